The van der Waals surface area contributed by atoms with Gasteiger partial charge >= 0.3 is 0 Å². The first-order chi connectivity index (χ1) is 10.2. The highest BCUT2D eigenvalue weighted by Crippen LogP contribution is 2.46. The molecular weight excluding hydrogens is 304 g/mol. The predicted molar refractivity (Wildman–Crippen MR) is 85.7 cm³/mol. The summed E-state index contributed by atoms with van der Waals surface area (Å²) in [5.41, 5.74) is 7.64. The maximum absolute atomic E-state index is 6.23. The van der Waals surface area contributed by atoms with Gasteiger partial charge in [0.15, 0.2) is 5.16 Å². The average Bonchev–Trinajstić information content (AvgIpc) is 3.38. The molecule has 2 aliphatic carbocycles. The molecule has 1 aromatic heterocycles. The summed E-state index contributed by atoms with van der Waals surface area (Å²) < 4.78 is 2.36. The van der Waals surface area contributed by atoms with Gasteiger partial charge in [-0.2, -0.15) is 0 Å². The molecule has 0 bridgehead atoms. The zero-order valence-electron chi connectivity index (χ0n) is 11.6. The molecule has 110 valence electrons. The molecule has 0 atom stereocenters. The molecule has 1 heterocycles. The average molecular weight is 321 g/mol. The third-order valence-corrected chi connectivity index (χ3v) is 5.33. The molecule has 0 aliphatic heterocycles. The van der Waals surface area contributed by atoms with E-state index < -0.39 is 0 Å². The summed E-state index contributed by atoms with van der Waals surface area (Å²) in [6, 6.07) is 6.24. The molecular formula is C15H17ClN4S. The first kappa shape index (κ1) is 13.5. The van der Waals surface area contributed by atoms with Gasteiger partial charge in [0, 0.05) is 28.4 Å². The van der Waals surface area contributed by atoms with Gasteiger partial charge in [0.1, 0.15) is 5.82 Å². The summed E-state index contributed by atoms with van der Waals surface area (Å²) in [6.45, 7) is 0. The van der Waals surface area contributed by atoms with Crippen LogP contribution in [0.5, 0.6) is 0 Å². The molecule has 0 saturated heterocycles. The van der Waals surface area contributed by atoms with E-state index in [9.17, 15) is 0 Å². The van der Waals surface area contributed by atoms with Crippen molar-refractivity contribution >= 4 is 29.1 Å². The largest absolute Gasteiger partial charge is 0.399 e. The molecule has 2 N–H and O–H groups in total. The summed E-state index contributed by atoms with van der Waals surface area (Å²) in [4.78, 5) is 0. The molecule has 2 aromatic rings. The highest BCUT2D eigenvalue weighted by Gasteiger charge is 2.36. The van der Waals surface area contributed by atoms with E-state index in [-0.39, 0.29) is 0 Å². The minimum absolute atomic E-state index is 0.620. The van der Waals surface area contributed by atoms with Crippen LogP contribution in [-0.2, 0) is 5.75 Å². The van der Waals surface area contributed by atoms with Gasteiger partial charge in [-0.1, -0.05) is 23.4 Å². The minimum atomic E-state index is 0.620. The highest BCUT2D eigenvalue weighted by molar-refractivity contribution is 7.98. The maximum Gasteiger partial charge on any atom is 0.191 e. The van der Waals surface area contributed by atoms with Crippen LogP contribution in [0.2, 0.25) is 5.02 Å². The Morgan fingerprint density at radius 3 is 2.76 bits per heavy atom. The van der Waals surface area contributed by atoms with Crippen LogP contribution in [0.1, 0.15) is 49.0 Å². The number of nitrogens with zero attached hydrogens (tertiary/aromatic N) is 3. The lowest BCUT2D eigenvalue weighted by Crippen LogP contribution is -2.02. The van der Waals surface area contributed by atoms with Crippen molar-refractivity contribution < 1.29 is 0 Å². The van der Waals surface area contributed by atoms with Crippen molar-refractivity contribution in [3.63, 3.8) is 0 Å². The molecule has 0 spiro atoms. The summed E-state index contributed by atoms with van der Waals surface area (Å²) >= 11 is 7.94. The first-order valence-electron chi connectivity index (χ1n) is 7.34. The van der Waals surface area contributed by atoms with Gasteiger partial charge < -0.3 is 10.3 Å². The number of benzene rings is 1. The Kier molecular flexibility index (Phi) is 3.34. The summed E-state index contributed by atoms with van der Waals surface area (Å²) in [6.07, 6.45) is 5.03. The zero-order chi connectivity index (χ0) is 14.4. The number of rotatable bonds is 5. The molecule has 1 aromatic carbocycles. The molecule has 21 heavy (non-hydrogen) atoms. The minimum Gasteiger partial charge on any atom is -0.399 e. The zero-order valence-corrected chi connectivity index (χ0v) is 13.2. The summed E-state index contributed by atoms with van der Waals surface area (Å²) in [7, 11) is 0. The third kappa shape index (κ3) is 2.77. The van der Waals surface area contributed by atoms with Gasteiger partial charge in [0.25, 0.3) is 0 Å². The summed E-state index contributed by atoms with van der Waals surface area (Å²) in [5, 5.41) is 10.6. The van der Waals surface area contributed by atoms with Crippen LogP contribution in [0.25, 0.3) is 0 Å². The van der Waals surface area contributed by atoms with Crippen LogP contribution >= 0.6 is 23.4 Å². The molecule has 0 unspecified atom stereocenters. The number of hydrogen-bond donors (Lipinski definition) is 1. The van der Waals surface area contributed by atoms with E-state index in [1.54, 1.807) is 11.8 Å². The fraction of sp³-hybridized carbons (Fsp3) is 0.467. The second kappa shape index (κ2) is 5.21. The molecule has 0 radical (unpaired) electrons. The van der Waals surface area contributed by atoms with Gasteiger partial charge in [-0.05, 0) is 49.4 Å². The highest BCUT2D eigenvalue weighted by atomic mass is 35.5. The van der Waals surface area contributed by atoms with Gasteiger partial charge in [-0.3, -0.25) is 0 Å². The molecule has 2 saturated carbocycles. The molecule has 0 amide bonds. The molecule has 2 fully saturated rings. The first-order valence-corrected chi connectivity index (χ1v) is 8.70. The smallest absolute Gasteiger partial charge is 0.191 e. The third-order valence-electron chi connectivity index (χ3n) is 3.97. The van der Waals surface area contributed by atoms with E-state index in [0.29, 0.717) is 12.0 Å². The Morgan fingerprint density at radius 2 is 2.05 bits per heavy atom. The maximum atomic E-state index is 6.23. The quantitative estimate of drug-likeness (QED) is 0.668. The number of thioether (sulfide) groups is 1. The fourth-order valence-electron chi connectivity index (χ4n) is 2.53. The lowest BCUT2D eigenvalue weighted by molar-refractivity contribution is 0.627. The van der Waals surface area contributed by atoms with Crippen LogP contribution in [0.15, 0.2) is 23.4 Å². The van der Waals surface area contributed by atoms with Gasteiger partial charge in [0.2, 0.25) is 0 Å². The monoisotopic (exact) mass is 320 g/mol. The normalized spacial score (nSPS) is 18.1. The van der Waals surface area contributed by atoms with Crippen molar-refractivity contribution in [2.75, 3.05) is 5.73 Å². The Balaban J connectivity index is 1.55. The van der Waals surface area contributed by atoms with Crippen LogP contribution in [0, 0.1) is 0 Å². The van der Waals surface area contributed by atoms with E-state index in [1.165, 1.54) is 31.5 Å². The molecule has 4 nitrogen and oxygen atoms in total. The van der Waals surface area contributed by atoms with E-state index in [1.807, 2.05) is 18.2 Å². The predicted octanol–water partition coefficient (Wildman–Crippen LogP) is 4.02. The Morgan fingerprint density at radius 1 is 1.24 bits per heavy atom. The van der Waals surface area contributed by atoms with Crippen molar-refractivity contribution in [2.45, 2.75) is 48.6 Å². The number of aromatic nitrogens is 3. The van der Waals surface area contributed by atoms with Crippen LogP contribution in [0.3, 0.4) is 0 Å². The molecule has 4 rings (SSSR count). The Labute approximate surface area is 133 Å². The van der Waals surface area contributed by atoms with E-state index in [2.05, 4.69) is 14.8 Å². The number of hydrogen-bond acceptors (Lipinski definition) is 4. The van der Waals surface area contributed by atoms with E-state index >= 15 is 0 Å². The second-order valence-electron chi connectivity index (χ2n) is 5.86. The van der Waals surface area contributed by atoms with Crippen LogP contribution < -0.4 is 5.73 Å². The number of anilines is 1. The van der Waals surface area contributed by atoms with Crippen LogP contribution in [-0.4, -0.2) is 14.8 Å². The van der Waals surface area contributed by atoms with Crippen molar-refractivity contribution in [3.05, 3.63) is 34.6 Å². The number of halogens is 1. The SMILES string of the molecule is Nc1ccc(Cl)c(CSc2nnc(C3CC3)n2C2CC2)c1. The Hall–Kier alpha value is -1.20. The lowest BCUT2D eigenvalue weighted by atomic mass is 10.2. The summed E-state index contributed by atoms with van der Waals surface area (Å²) in [5.74, 6) is 2.61. The second-order valence-corrected chi connectivity index (χ2v) is 7.21. The van der Waals surface area contributed by atoms with Crippen molar-refractivity contribution in [2.24, 2.45) is 0 Å². The van der Waals surface area contributed by atoms with E-state index in [0.717, 1.165) is 27.2 Å². The Bertz CT molecular complexity index is 676. The topological polar surface area (TPSA) is 56.7 Å². The van der Waals surface area contributed by atoms with Crippen molar-refractivity contribution in [1.82, 2.24) is 14.8 Å². The van der Waals surface area contributed by atoms with E-state index in [4.69, 9.17) is 17.3 Å². The van der Waals surface area contributed by atoms with Crippen LogP contribution in [0.4, 0.5) is 5.69 Å². The van der Waals surface area contributed by atoms with Gasteiger partial charge in [-0.25, -0.2) is 0 Å². The van der Waals surface area contributed by atoms with Crippen molar-refractivity contribution in [3.8, 4) is 0 Å². The molecule has 6 heteroatoms. The lowest BCUT2D eigenvalue weighted by Gasteiger charge is -2.09. The molecule has 2 aliphatic rings. The number of nitrogen functional groups attached to an aromatic ring is 1. The fourth-order valence-corrected chi connectivity index (χ4v) is 3.80. The van der Waals surface area contributed by atoms with Gasteiger partial charge in [-0.15, -0.1) is 10.2 Å². The van der Waals surface area contributed by atoms with Crippen molar-refractivity contribution in [1.29, 1.82) is 0 Å². The standard InChI is InChI=1S/C15H17ClN4S/c16-13-6-3-11(17)7-10(13)8-21-15-19-18-14(9-1-2-9)20(15)12-4-5-12/h3,6-7,9,12H,1-2,4-5,8,17H2. The van der Waals surface area contributed by atoms with Gasteiger partial charge in [0.05, 0.1) is 0 Å². The number of nitrogens with two attached hydrogens (primary N) is 1.